The van der Waals surface area contributed by atoms with E-state index < -0.39 is 5.97 Å². The molecule has 25 heavy (non-hydrogen) atoms. The number of hydrogen-bond donors (Lipinski definition) is 0. The third kappa shape index (κ3) is 4.15. The van der Waals surface area contributed by atoms with Crippen LogP contribution < -0.4 is 5.56 Å². The molecule has 0 N–H and O–H groups in total. The molecular weight excluding hydrogens is 384 g/mol. The van der Waals surface area contributed by atoms with Crippen LogP contribution in [0.15, 0.2) is 28.4 Å². The zero-order valence-corrected chi connectivity index (χ0v) is 15.5. The highest BCUT2D eigenvalue weighted by Gasteiger charge is 2.13. The van der Waals surface area contributed by atoms with Gasteiger partial charge in [0.1, 0.15) is 6.61 Å². The van der Waals surface area contributed by atoms with Crippen LogP contribution >= 0.6 is 34.3 Å². The van der Waals surface area contributed by atoms with Gasteiger partial charge in [0.25, 0.3) is 5.56 Å². The summed E-state index contributed by atoms with van der Waals surface area (Å²) < 4.78 is 7.14. The smallest absolute Gasteiger partial charge is 0.306 e. The monoisotopic (exact) mass is 396 g/mol. The lowest BCUT2D eigenvalue weighted by molar-refractivity contribution is -0.145. The number of ketones is 1. The molecule has 3 heterocycles. The number of thiophene rings is 1. The van der Waals surface area contributed by atoms with Crippen LogP contribution in [0.25, 0.3) is 4.96 Å². The van der Waals surface area contributed by atoms with E-state index >= 15 is 0 Å². The van der Waals surface area contributed by atoms with Gasteiger partial charge in [0, 0.05) is 23.6 Å². The molecule has 0 bridgehead atoms. The van der Waals surface area contributed by atoms with Gasteiger partial charge in [0.15, 0.2) is 10.7 Å². The van der Waals surface area contributed by atoms with Crippen molar-refractivity contribution in [1.82, 2.24) is 9.38 Å². The van der Waals surface area contributed by atoms with Gasteiger partial charge in [-0.3, -0.25) is 18.8 Å². The number of hydrogen-bond acceptors (Lipinski definition) is 7. The number of fused-ring (bicyclic) bond motifs is 1. The number of rotatable bonds is 6. The van der Waals surface area contributed by atoms with Gasteiger partial charge in [0.2, 0.25) is 0 Å². The molecule has 0 radical (unpaired) electrons. The molecule has 0 spiro atoms. The number of halogens is 1. The highest BCUT2D eigenvalue weighted by atomic mass is 35.5. The summed E-state index contributed by atoms with van der Waals surface area (Å²) in [5, 5.41) is 1.84. The minimum atomic E-state index is -0.514. The average Bonchev–Trinajstić information content (AvgIpc) is 3.17. The summed E-state index contributed by atoms with van der Waals surface area (Å²) in [6.07, 6.45) is 0.0165. The van der Waals surface area contributed by atoms with Crippen molar-refractivity contribution in [2.45, 2.75) is 26.4 Å². The van der Waals surface area contributed by atoms with Crippen LogP contribution in [-0.2, 0) is 16.1 Å². The Morgan fingerprint density at radius 1 is 1.32 bits per heavy atom. The predicted octanol–water partition coefficient (Wildman–Crippen LogP) is 3.49. The van der Waals surface area contributed by atoms with Crippen LogP contribution in [0.2, 0.25) is 4.34 Å². The fourth-order valence-corrected chi connectivity index (χ4v) is 4.11. The number of carbonyl (C=O) groups excluding carboxylic acids is 2. The molecule has 3 aromatic heterocycles. The van der Waals surface area contributed by atoms with Crippen LogP contribution in [0.3, 0.4) is 0 Å². The number of carbonyl (C=O) groups is 2. The number of aromatic nitrogens is 2. The van der Waals surface area contributed by atoms with Crippen LogP contribution in [0.4, 0.5) is 0 Å². The lowest BCUT2D eigenvalue weighted by Gasteiger charge is -2.04. The zero-order chi connectivity index (χ0) is 18.0. The number of ether oxygens (including phenoxy) is 1. The Bertz CT molecular complexity index is 1010. The highest BCUT2D eigenvalue weighted by molar-refractivity contribution is 7.18. The maximum atomic E-state index is 12.0. The predicted molar refractivity (Wildman–Crippen MR) is 96.8 cm³/mol. The van der Waals surface area contributed by atoms with Crippen LogP contribution in [0.1, 0.15) is 33.9 Å². The third-order valence-electron chi connectivity index (χ3n) is 3.41. The molecule has 0 aromatic carbocycles. The largest absolute Gasteiger partial charge is 0.459 e. The Morgan fingerprint density at radius 3 is 2.84 bits per heavy atom. The molecular formula is C16H13ClN2O4S2. The summed E-state index contributed by atoms with van der Waals surface area (Å²) >= 11 is 8.31. The first kappa shape index (κ1) is 17.8. The molecule has 130 valence electrons. The van der Waals surface area contributed by atoms with E-state index in [1.807, 2.05) is 12.3 Å². The van der Waals surface area contributed by atoms with Crippen molar-refractivity contribution in [1.29, 1.82) is 0 Å². The summed E-state index contributed by atoms with van der Waals surface area (Å²) in [4.78, 5) is 41.1. The molecule has 0 saturated carbocycles. The lowest BCUT2D eigenvalue weighted by atomic mass is 10.2. The Labute approximate surface area is 155 Å². The van der Waals surface area contributed by atoms with Gasteiger partial charge < -0.3 is 4.74 Å². The first-order chi connectivity index (χ1) is 11.9. The Hall–Kier alpha value is -2.03. The summed E-state index contributed by atoms with van der Waals surface area (Å²) in [6.45, 7) is 1.73. The molecule has 0 aliphatic carbocycles. The highest BCUT2D eigenvalue weighted by Crippen LogP contribution is 2.23. The van der Waals surface area contributed by atoms with Crippen molar-refractivity contribution in [3.8, 4) is 0 Å². The molecule has 0 amide bonds. The summed E-state index contributed by atoms with van der Waals surface area (Å²) in [6, 6.07) is 4.62. The van der Waals surface area contributed by atoms with Gasteiger partial charge in [-0.1, -0.05) is 11.6 Å². The molecule has 3 rings (SSSR count). The molecule has 0 atom stereocenters. The van der Waals surface area contributed by atoms with E-state index in [0.717, 1.165) is 5.69 Å². The van der Waals surface area contributed by atoms with Gasteiger partial charge in [-0.15, -0.1) is 22.7 Å². The van der Waals surface area contributed by atoms with Crippen molar-refractivity contribution < 1.29 is 14.3 Å². The minimum Gasteiger partial charge on any atom is -0.459 e. The Balaban J connectivity index is 1.55. The molecule has 9 heteroatoms. The topological polar surface area (TPSA) is 77.7 Å². The molecule has 0 aliphatic rings. The van der Waals surface area contributed by atoms with Gasteiger partial charge in [-0.25, -0.2) is 4.98 Å². The van der Waals surface area contributed by atoms with Crippen LogP contribution in [-0.4, -0.2) is 21.1 Å². The fourth-order valence-electron chi connectivity index (χ4n) is 2.20. The SMILES string of the molecule is Cc1csc2nc(COC(=O)CCC(=O)c3ccc(Cl)s3)cc(=O)n12. The van der Waals surface area contributed by atoms with E-state index in [4.69, 9.17) is 16.3 Å². The van der Waals surface area contributed by atoms with Gasteiger partial charge >= 0.3 is 5.97 Å². The van der Waals surface area contributed by atoms with Gasteiger partial charge in [-0.2, -0.15) is 0 Å². The maximum Gasteiger partial charge on any atom is 0.306 e. The summed E-state index contributed by atoms with van der Waals surface area (Å²) in [5.74, 6) is -0.666. The van der Waals surface area contributed by atoms with E-state index in [9.17, 15) is 14.4 Å². The fraction of sp³-hybridized carbons (Fsp3) is 0.250. The quantitative estimate of drug-likeness (QED) is 0.470. The molecule has 0 saturated heterocycles. The molecule has 0 aliphatic heterocycles. The number of thiazole rings is 1. The lowest BCUT2D eigenvalue weighted by Crippen LogP contribution is -2.16. The molecule has 3 aromatic rings. The van der Waals surface area contributed by atoms with E-state index in [1.54, 1.807) is 12.1 Å². The maximum absolute atomic E-state index is 12.0. The van der Waals surface area contributed by atoms with Crippen molar-refractivity contribution in [2.75, 3.05) is 0 Å². The zero-order valence-electron chi connectivity index (χ0n) is 13.2. The first-order valence-corrected chi connectivity index (χ1v) is 9.42. The summed E-state index contributed by atoms with van der Waals surface area (Å²) in [5.41, 5.74) is 0.990. The minimum absolute atomic E-state index is 0.0340. The van der Waals surface area contributed by atoms with Gasteiger partial charge in [0.05, 0.1) is 21.3 Å². The number of aryl methyl sites for hydroxylation is 1. The van der Waals surface area contributed by atoms with Crippen LogP contribution in [0, 0.1) is 6.92 Å². The van der Waals surface area contributed by atoms with E-state index in [0.29, 0.717) is 19.9 Å². The van der Waals surface area contributed by atoms with Crippen molar-refractivity contribution >= 4 is 51.0 Å². The number of esters is 1. The van der Waals surface area contributed by atoms with Crippen molar-refractivity contribution in [3.05, 3.63) is 54.5 Å². The Morgan fingerprint density at radius 2 is 2.12 bits per heavy atom. The second-order valence-electron chi connectivity index (χ2n) is 5.27. The van der Waals surface area contributed by atoms with E-state index in [2.05, 4.69) is 4.98 Å². The second kappa shape index (κ2) is 7.47. The number of nitrogens with zero attached hydrogens (tertiary/aromatic N) is 2. The van der Waals surface area contributed by atoms with Crippen molar-refractivity contribution in [3.63, 3.8) is 0 Å². The first-order valence-electron chi connectivity index (χ1n) is 7.35. The third-order valence-corrected chi connectivity index (χ3v) is 5.63. The van der Waals surface area contributed by atoms with E-state index in [1.165, 1.54) is 33.1 Å². The number of Topliss-reactive ketones (excluding diaryl/α,β-unsaturated/α-hetero) is 1. The van der Waals surface area contributed by atoms with Gasteiger partial charge in [-0.05, 0) is 19.1 Å². The standard InChI is InChI=1S/C16H13ClN2O4S2/c1-9-8-24-16-18-10(6-14(21)19(9)16)7-23-15(22)5-2-11(20)12-3-4-13(17)25-12/h3-4,6,8H,2,5,7H2,1H3. The van der Waals surface area contributed by atoms with Crippen LogP contribution in [0.5, 0.6) is 0 Å². The molecule has 0 fully saturated rings. The van der Waals surface area contributed by atoms with E-state index in [-0.39, 0.29) is 30.8 Å². The second-order valence-corrected chi connectivity index (χ2v) is 7.82. The summed E-state index contributed by atoms with van der Waals surface area (Å²) in [7, 11) is 0. The molecule has 6 nitrogen and oxygen atoms in total. The normalized spacial score (nSPS) is 11.0. The Kier molecular flexibility index (Phi) is 5.31. The molecule has 0 unspecified atom stereocenters. The van der Waals surface area contributed by atoms with Crippen molar-refractivity contribution in [2.24, 2.45) is 0 Å². The average molecular weight is 397 g/mol.